The summed E-state index contributed by atoms with van der Waals surface area (Å²) in [7, 11) is 0. The average molecular weight is 296 g/mol. The van der Waals surface area contributed by atoms with E-state index in [4.69, 9.17) is 10.3 Å². The molecule has 0 saturated heterocycles. The van der Waals surface area contributed by atoms with Crippen molar-refractivity contribution in [3.63, 3.8) is 0 Å². The summed E-state index contributed by atoms with van der Waals surface area (Å²) in [6, 6.07) is 5.64. The summed E-state index contributed by atoms with van der Waals surface area (Å²) in [5.41, 5.74) is 7.34. The molecule has 17 heavy (non-hydrogen) atoms. The minimum absolute atomic E-state index is 0.292. The first kappa shape index (κ1) is 12.1. The Balaban J connectivity index is 2.40. The number of rotatable bonds is 3. The quantitative estimate of drug-likeness (QED) is 0.879. The molecule has 4 nitrogen and oxygen atoms in total. The third-order valence-electron chi connectivity index (χ3n) is 2.78. The van der Waals surface area contributed by atoms with E-state index in [1.165, 1.54) is 0 Å². The van der Waals surface area contributed by atoms with Gasteiger partial charge >= 0.3 is 0 Å². The lowest BCUT2D eigenvalue weighted by molar-refractivity contribution is 0.416. The highest BCUT2D eigenvalue weighted by molar-refractivity contribution is 9.10. The molecule has 0 radical (unpaired) electrons. The molecule has 90 valence electrons. The van der Waals surface area contributed by atoms with E-state index in [9.17, 15) is 0 Å². The van der Waals surface area contributed by atoms with E-state index in [2.05, 4.69) is 39.9 Å². The molecule has 0 fully saturated rings. The number of anilines is 1. The second kappa shape index (κ2) is 4.87. The van der Waals surface area contributed by atoms with Gasteiger partial charge < -0.3 is 10.3 Å². The first-order valence-electron chi connectivity index (χ1n) is 5.51. The van der Waals surface area contributed by atoms with Crippen LogP contribution in [0.25, 0.3) is 11.5 Å². The van der Waals surface area contributed by atoms with Gasteiger partial charge in [0.05, 0.1) is 11.3 Å². The molecule has 2 rings (SSSR count). The fourth-order valence-electron chi connectivity index (χ4n) is 1.45. The van der Waals surface area contributed by atoms with Crippen LogP contribution in [0.2, 0.25) is 0 Å². The lowest BCUT2D eigenvalue weighted by Crippen LogP contribution is -1.94. The Morgan fingerprint density at radius 3 is 2.94 bits per heavy atom. The minimum Gasteiger partial charge on any atom is -0.397 e. The van der Waals surface area contributed by atoms with Gasteiger partial charge in [0.1, 0.15) is 0 Å². The molecule has 2 N–H and O–H groups in total. The van der Waals surface area contributed by atoms with Crippen LogP contribution in [0.5, 0.6) is 0 Å². The molecular weight excluding hydrogens is 282 g/mol. The number of benzene rings is 1. The predicted molar refractivity (Wildman–Crippen MR) is 70.6 cm³/mol. The molecule has 0 spiro atoms. The van der Waals surface area contributed by atoms with Gasteiger partial charge in [-0.1, -0.05) is 25.1 Å². The number of nitrogen functional groups attached to an aromatic ring is 1. The second-order valence-electron chi connectivity index (χ2n) is 3.97. The molecule has 1 aromatic carbocycles. The summed E-state index contributed by atoms with van der Waals surface area (Å²) in [4.78, 5) is 4.37. The Morgan fingerprint density at radius 2 is 2.24 bits per heavy atom. The highest BCUT2D eigenvalue weighted by Crippen LogP contribution is 2.31. The second-order valence-corrected chi connectivity index (χ2v) is 4.82. The van der Waals surface area contributed by atoms with Gasteiger partial charge in [0.25, 0.3) is 5.89 Å². The first-order valence-corrected chi connectivity index (χ1v) is 6.30. The molecule has 0 saturated carbocycles. The number of hydrogen-bond donors (Lipinski definition) is 1. The van der Waals surface area contributed by atoms with Crippen LogP contribution in [0.4, 0.5) is 5.69 Å². The Labute approximate surface area is 108 Å². The van der Waals surface area contributed by atoms with Crippen LogP contribution in [-0.2, 0) is 0 Å². The van der Waals surface area contributed by atoms with Gasteiger partial charge in [-0.2, -0.15) is 4.98 Å². The molecule has 1 unspecified atom stereocenters. The predicted octanol–water partition coefficient (Wildman–Crippen LogP) is 3.59. The van der Waals surface area contributed by atoms with Crippen LogP contribution in [-0.4, -0.2) is 10.1 Å². The third kappa shape index (κ3) is 2.34. The Bertz CT molecular complexity index is 524. The first-order chi connectivity index (χ1) is 8.13. The Morgan fingerprint density at radius 1 is 1.47 bits per heavy atom. The summed E-state index contributed by atoms with van der Waals surface area (Å²) in [5, 5.41) is 3.98. The van der Waals surface area contributed by atoms with Gasteiger partial charge in [-0.25, -0.2) is 0 Å². The van der Waals surface area contributed by atoms with Gasteiger partial charge in [-0.15, -0.1) is 0 Å². The van der Waals surface area contributed by atoms with Crippen molar-refractivity contribution < 1.29 is 4.52 Å². The van der Waals surface area contributed by atoms with E-state index >= 15 is 0 Å². The maximum atomic E-state index is 5.96. The lowest BCUT2D eigenvalue weighted by atomic mass is 10.1. The number of halogens is 1. The molecule has 2 aromatic rings. The van der Waals surface area contributed by atoms with Crippen molar-refractivity contribution in [2.45, 2.75) is 26.2 Å². The molecule has 5 heteroatoms. The van der Waals surface area contributed by atoms with Crippen molar-refractivity contribution in [2.24, 2.45) is 0 Å². The number of hydrogen-bond acceptors (Lipinski definition) is 4. The van der Waals surface area contributed by atoms with Crippen LogP contribution in [0.15, 0.2) is 27.2 Å². The maximum Gasteiger partial charge on any atom is 0.260 e. The number of aromatic nitrogens is 2. The average Bonchev–Trinajstić information content (AvgIpc) is 2.81. The molecule has 0 bridgehead atoms. The molecule has 0 aliphatic rings. The summed E-state index contributed by atoms with van der Waals surface area (Å²) in [6.45, 7) is 4.16. The highest BCUT2D eigenvalue weighted by Gasteiger charge is 2.15. The van der Waals surface area contributed by atoms with Crippen LogP contribution < -0.4 is 5.73 Å². The van der Waals surface area contributed by atoms with E-state index in [-0.39, 0.29) is 0 Å². The zero-order valence-corrected chi connectivity index (χ0v) is 11.4. The number of nitrogens with two attached hydrogens (primary N) is 1. The van der Waals surface area contributed by atoms with E-state index in [0.717, 1.165) is 22.3 Å². The molecule has 0 aliphatic carbocycles. The summed E-state index contributed by atoms with van der Waals surface area (Å²) in [6.07, 6.45) is 0.979. The zero-order chi connectivity index (χ0) is 12.4. The number of para-hydroxylation sites is 1. The lowest BCUT2D eigenvalue weighted by Gasteiger charge is -2.02. The van der Waals surface area contributed by atoms with Crippen molar-refractivity contribution in [3.8, 4) is 11.5 Å². The van der Waals surface area contributed by atoms with E-state index in [0.29, 0.717) is 17.5 Å². The van der Waals surface area contributed by atoms with Crippen molar-refractivity contribution in [2.75, 3.05) is 5.73 Å². The van der Waals surface area contributed by atoms with E-state index in [1.54, 1.807) is 0 Å². The largest absolute Gasteiger partial charge is 0.397 e. The molecular formula is C12H14BrN3O. The van der Waals surface area contributed by atoms with Crippen molar-refractivity contribution in [1.82, 2.24) is 10.1 Å². The van der Waals surface area contributed by atoms with Gasteiger partial charge in [0, 0.05) is 10.4 Å². The van der Waals surface area contributed by atoms with Crippen LogP contribution in [0, 0.1) is 0 Å². The zero-order valence-electron chi connectivity index (χ0n) is 9.77. The van der Waals surface area contributed by atoms with Crippen LogP contribution in [0.3, 0.4) is 0 Å². The Hall–Kier alpha value is -1.36. The maximum absolute atomic E-state index is 5.96. The monoisotopic (exact) mass is 295 g/mol. The molecule has 0 amide bonds. The molecule has 1 atom stereocenters. The van der Waals surface area contributed by atoms with E-state index in [1.807, 2.05) is 18.2 Å². The van der Waals surface area contributed by atoms with Crippen molar-refractivity contribution in [3.05, 3.63) is 28.5 Å². The summed E-state index contributed by atoms with van der Waals surface area (Å²) in [5.74, 6) is 1.49. The van der Waals surface area contributed by atoms with Crippen LogP contribution >= 0.6 is 15.9 Å². The standard InChI is InChI=1S/C12H14BrN3O/c1-3-7(2)11-15-12(17-16-11)8-5-4-6-9(13)10(8)14/h4-7H,3,14H2,1-2H3. The SMILES string of the molecule is CCC(C)c1noc(-c2cccc(Br)c2N)n1. The van der Waals surface area contributed by atoms with Crippen LogP contribution in [0.1, 0.15) is 32.0 Å². The van der Waals surface area contributed by atoms with Gasteiger partial charge in [-0.3, -0.25) is 0 Å². The summed E-state index contributed by atoms with van der Waals surface area (Å²) < 4.78 is 6.08. The van der Waals surface area contributed by atoms with Gasteiger partial charge in [0.2, 0.25) is 0 Å². The molecule has 0 aliphatic heterocycles. The fourth-order valence-corrected chi connectivity index (χ4v) is 1.82. The van der Waals surface area contributed by atoms with Gasteiger partial charge in [0.15, 0.2) is 5.82 Å². The minimum atomic E-state index is 0.292. The topological polar surface area (TPSA) is 64.9 Å². The fraction of sp³-hybridized carbons (Fsp3) is 0.333. The van der Waals surface area contributed by atoms with Gasteiger partial charge in [-0.05, 0) is 34.5 Å². The normalized spacial score (nSPS) is 12.6. The van der Waals surface area contributed by atoms with Crippen molar-refractivity contribution in [1.29, 1.82) is 0 Å². The molecule has 1 aromatic heterocycles. The Kier molecular flexibility index (Phi) is 3.47. The third-order valence-corrected chi connectivity index (χ3v) is 3.47. The highest BCUT2D eigenvalue weighted by atomic mass is 79.9. The summed E-state index contributed by atoms with van der Waals surface area (Å²) >= 11 is 3.38. The smallest absolute Gasteiger partial charge is 0.260 e. The number of nitrogens with zero attached hydrogens (tertiary/aromatic N) is 2. The van der Waals surface area contributed by atoms with E-state index < -0.39 is 0 Å². The molecule has 1 heterocycles. The van der Waals surface area contributed by atoms with Crippen molar-refractivity contribution >= 4 is 21.6 Å².